The van der Waals surface area contributed by atoms with Gasteiger partial charge >= 0.3 is 5.97 Å². The van der Waals surface area contributed by atoms with E-state index in [9.17, 15) is 4.79 Å². The molecule has 0 aliphatic carbocycles. The summed E-state index contributed by atoms with van der Waals surface area (Å²) in [7, 11) is 0. The fourth-order valence-corrected chi connectivity index (χ4v) is 4.80. The van der Waals surface area contributed by atoms with Gasteiger partial charge in [-0.05, 0) is 47.7 Å². The van der Waals surface area contributed by atoms with E-state index in [1.54, 1.807) is 0 Å². The van der Waals surface area contributed by atoms with Crippen LogP contribution in [-0.4, -0.2) is 11.7 Å². The molecule has 0 bridgehead atoms. The van der Waals surface area contributed by atoms with Gasteiger partial charge in [-0.25, -0.2) is 4.79 Å². The lowest BCUT2D eigenvalue weighted by molar-refractivity contribution is -0.140. The SMILES string of the molecule is CC.CCCc1cc(N(c2ccccc2)c2cccc3ccccc23)ccc1/C(=N\OC(C)=O)c1ccccc1. The molecule has 0 spiro atoms. The van der Waals surface area contributed by atoms with Crippen molar-refractivity contribution in [3.05, 3.63) is 138 Å². The van der Waals surface area contributed by atoms with E-state index in [0.717, 1.165) is 46.6 Å². The minimum Gasteiger partial charge on any atom is -0.318 e. The largest absolute Gasteiger partial charge is 0.332 e. The van der Waals surface area contributed by atoms with Crippen LogP contribution in [0.4, 0.5) is 17.1 Å². The average molecular weight is 529 g/mol. The number of nitrogens with zero attached hydrogens (tertiary/aromatic N) is 2. The maximum absolute atomic E-state index is 11.6. The van der Waals surface area contributed by atoms with Gasteiger partial charge in [-0.3, -0.25) is 0 Å². The fourth-order valence-electron chi connectivity index (χ4n) is 4.80. The third kappa shape index (κ3) is 6.47. The van der Waals surface area contributed by atoms with E-state index >= 15 is 0 Å². The predicted octanol–water partition coefficient (Wildman–Crippen LogP) is 9.60. The molecule has 0 atom stereocenters. The van der Waals surface area contributed by atoms with Gasteiger partial charge in [0, 0.05) is 34.8 Å². The van der Waals surface area contributed by atoms with Gasteiger partial charge in [0.05, 0.1) is 5.69 Å². The molecule has 0 aromatic heterocycles. The zero-order valence-electron chi connectivity index (χ0n) is 23.7. The number of rotatable bonds is 8. The van der Waals surface area contributed by atoms with Crippen molar-refractivity contribution in [2.75, 3.05) is 4.90 Å². The quantitative estimate of drug-likeness (QED) is 0.114. The van der Waals surface area contributed by atoms with Gasteiger partial charge in [-0.1, -0.05) is 123 Å². The fraction of sp³-hybridized carbons (Fsp3) is 0.167. The average Bonchev–Trinajstić information content (AvgIpc) is 3.00. The maximum atomic E-state index is 11.6. The van der Waals surface area contributed by atoms with Crippen LogP contribution in [0.1, 0.15) is 50.8 Å². The van der Waals surface area contributed by atoms with Crippen LogP contribution in [0, 0.1) is 0 Å². The van der Waals surface area contributed by atoms with E-state index in [0.29, 0.717) is 5.71 Å². The molecule has 0 saturated carbocycles. The van der Waals surface area contributed by atoms with E-state index in [4.69, 9.17) is 4.84 Å². The Bertz CT molecular complexity index is 1570. The van der Waals surface area contributed by atoms with E-state index in [-0.39, 0.29) is 0 Å². The number of hydrogen-bond acceptors (Lipinski definition) is 4. The van der Waals surface area contributed by atoms with Crippen molar-refractivity contribution >= 4 is 39.5 Å². The van der Waals surface area contributed by atoms with Crippen molar-refractivity contribution in [1.82, 2.24) is 0 Å². The predicted molar refractivity (Wildman–Crippen MR) is 168 cm³/mol. The Labute approximate surface area is 237 Å². The first-order chi connectivity index (χ1) is 19.7. The summed E-state index contributed by atoms with van der Waals surface area (Å²) >= 11 is 0. The van der Waals surface area contributed by atoms with Gasteiger partial charge in [0.25, 0.3) is 0 Å². The van der Waals surface area contributed by atoms with Crippen LogP contribution < -0.4 is 4.90 Å². The highest BCUT2D eigenvalue weighted by Crippen LogP contribution is 2.39. The van der Waals surface area contributed by atoms with Crippen molar-refractivity contribution in [2.45, 2.75) is 40.5 Å². The molecule has 5 rings (SSSR count). The van der Waals surface area contributed by atoms with Crippen LogP contribution in [0.3, 0.4) is 0 Å². The van der Waals surface area contributed by atoms with Gasteiger partial charge < -0.3 is 9.74 Å². The zero-order chi connectivity index (χ0) is 28.3. The Morgan fingerprint density at radius 2 is 1.40 bits per heavy atom. The topological polar surface area (TPSA) is 41.9 Å². The summed E-state index contributed by atoms with van der Waals surface area (Å²) in [6.45, 7) is 7.53. The Hall–Kier alpha value is -4.70. The minimum atomic E-state index is -0.446. The molecule has 4 heteroatoms. The Balaban J connectivity index is 0.00000181. The van der Waals surface area contributed by atoms with Crippen molar-refractivity contribution in [1.29, 1.82) is 0 Å². The molecule has 0 unspecified atom stereocenters. The number of fused-ring (bicyclic) bond motifs is 1. The lowest BCUT2D eigenvalue weighted by Gasteiger charge is -2.28. The number of hydrogen-bond donors (Lipinski definition) is 0. The highest BCUT2D eigenvalue weighted by atomic mass is 16.7. The van der Waals surface area contributed by atoms with Crippen LogP contribution in [0.25, 0.3) is 10.8 Å². The molecule has 0 aliphatic rings. The summed E-state index contributed by atoms with van der Waals surface area (Å²) < 4.78 is 0. The zero-order valence-corrected chi connectivity index (χ0v) is 23.7. The number of para-hydroxylation sites is 1. The molecule has 5 aromatic rings. The molecule has 0 radical (unpaired) electrons. The van der Waals surface area contributed by atoms with Gasteiger partial charge in [0.15, 0.2) is 0 Å². The number of oxime groups is 1. The first kappa shape index (κ1) is 28.3. The molecule has 202 valence electrons. The van der Waals surface area contributed by atoms with Gasteiger partial charge in [0.2, 0.25) is 0 Å². The van der Waals surface area contributed by atoms with Crippen molar-refractivity contribution < 1.29 is 9.63 Å². The second kappa shape index (κ2) is 13.9. The van der Waals surface area contributed by atoms with E-state index < -0.39 is 5.97 Å². The molecule has 0 N–H and O–H groups in total. The summed E-state index contributed by atoms with van der Waals surface area (Å²) in [5.41, 5.74) is 6.88. The lowest BCUT2D eigenvalue weighted by Crippen LogP contribution is -2.13. The molecule has 0 saturated heterocycles. The third-order valence-electron chi connectivity index (χ3n) is 6.46. The van der Waals surface area contributed by atoms with E-state index in [1.807, 2.05) is 50.2 Å². The Kier molecular flexibility index (Phi) is 9.84. The molecular formula is C36H36N2O2. The first-order valence-corrected chi connectivity index (χ1v) is 13.9. The minimum absolute atomic E-state index is 0.446. The van der Waals surface area contributed by atoms with Crippen molar-refractivity contribution in [2.24, 2.45) is 5.16 Å². The van der Waals surface area contributed by atoms with Crippen LogP contribution in [-0.2, 0) is 16.1 Å². The van der Waals surface area contributed by atoms with Crippen molar-refractivity contribution in [3.63, 3.8) is 0 Å². The highest BCUT2D eigenvalue weighted by molar-refractivity contribution is 6.14. The second-order valence-corrected chi connectivity index (χ2v) is 9.15. The van der Waals surface area contributed by atoms with Gasteiger partial charge in [-0.2, -0.15) is 0 Å². The summed E-state index contributed by atoms with van der Waals surface area (Å²) in [6, 6.07) is 41.6. The smallest absolute Gasteiger partial charge is 0.318 e. The highest BCUT2D eigenvalue weighted by Gasteiger charge is 2.19. The molecule has 4 nitrogen and oxygen atoms in total. The molecule has 0 heterocycles. The maximum Gasteiger partial charge on any atom is 0.332 e. The molecule has 0 amide bonds. The molecular weight excluding hydrogens is 492 g/mol. The summed E-state index contributed by atoms with van der Waals surface area (Å²) in [6.07, 6.45) is 1.82. The normalized spacial score (nSPS) is 10.9. The number of benzene rings is 5. The summed E-state index contributed by atoms with van der Waals surface area (Å²) in [5, 5.41) is 6.66. The summed E-state index contributed by atoms with van der Waals surface area (Å²) in [4.78, 5) is 19.1. The van der Waals surface area contributed by atoms with Crippen LogP contribution in [0.15, 0.2) is 126 Å². The number of aryl methyl sites for hydroxylation is 1. The molecule has 0 fully saturated rings. The van der Waals surface area contributed by atoms with Crippen LogP contribution in [0.2, 0.25) is 0 Å². The molecule has 40 heavy (non-hydrogen) atoms. The number of carbonyl (C=O) groups excluding carboxylic acids is 1. The molecule has 0 aliphatic heterocycles. The Morgan fingerprint density at radius 1 is 0.750 bits per heavy atom. The molecule has 5 aromatic carbocycles. The Morgan fingerprint density at radius 3 is 2.10 bits per heavy atom. The standard InChI is InChI=1S/C34H30N2O2.C2H6/c1-3-13-28-24-30(22-23-32(28)34(35-38-25(2)37)27-15-6-4-7-16-27)36(29-18-8-5-9-19-29)33-21-12-17-26-14-10-11-20-31(26)33;1-2/h4-12,14-24H,3,13H2,1-2H3;1-2H3/b35-34-;. The van der Waals surface area contributed by atoms with E-state index in [1.165, 1.54) is 17.7 Å². The van der Waals surface area contributed by atoms with Gasteiger partial charge in [0.1, 0.15) is 5.71 Å². The number of carbonyl (C=O) groups is 1. The van der Waals surface area contributed by atoms with Gasteiger partial charge in [-0.15, -0.1) is 0 Å². The summed E-state index contributed by atoms with van der Waals surface area (Å²) in [5.74, 6) is -0.446. The monoisotopic (exact) mass is 528 g/mol. The number of anilines is 3. The lowest BCUT2D eigenvalue weighted by atomic mass is 9.94. The van der Waals surface area contributed by atoms with E-state index in [2.05, 4.69) is 102 Å². The van der Waals surface area contributed by atoms with Crippen molar-refractivity contribution in [3.8, 4) is 0 Å². The van der Waals surface area contributed by atoms with Crippen LogP contribution in [0.5, 0.6) is 0 Å². The third-order valence-corrected chi connectivity index (χ3v) is 6.46. The van der Waals surface area contributed by atoms with Crippen LogP contribution >= 0.6 is 0 Å². The second-order valence-electron chi connectivity index (χ2n) is 9.15. The first-order valence-electron chi connectivity index (χ1n) is 13.9.